The number of nitrogens with one attached hydrogen (secondary N) is 1. The van der Waals surface area contributed by atoms with Crippen LogP contribution in [0.1, 0.15) is 18.7 Å². The number of benzene rings is 2. The molecule has 0 unspecified atom stereocenters. The molecule has 4 rings (SSSR count). The largest absolute Gasteiger partial charge is 0.496 e. The molecular weight excluding hydrogens is 400 g/mol. The Bertz CT molecular complexity index is 1190. The van der Waals surface area contributed by atoms with Crippen molar-refractivity contribution < 1.29 is 14.2 Å². The van der Waals surface area contributed by atoms with Gasteiger partial charge in [0.05, 0.1) is 23.9 Å². The van der Waals surface area contributed by atoms with Crippen LogP contribution in [0.15, 0.2) is 71.1 Å². The first-order chi connectivity index (χ1) is 14.6. The molecule has 1 aromatic heterocycles. The smallest absolute Gasteiger partial charge is 0.325 e. The molecular formula is C22H21N4O3S+. The molecule has 8 heteroatoms. The minimum atomic E-state index is -0.672. The monoisotopic (exact) mass is 421 g/mol. The number of hydrogen-bond acceptors (Lipinski definition) is 5. The quantitative estimate of drug-likeness (QED) is 0.389. The number of methoxy groups -OCH3 is 1. The molecule has 1 aliphatic heterocycles. The molecule has 0 saturated heterocycles. The van der Waals surface area contributed by atoms with E-state index >= 15 is 0 Å². The summed E-state index contributed by atoms with van der Waals surface area (Å²) in [6.07, 6.45) is 1.07. The highest BCUT2D eigenvalue weighted by Gasteiger charge is 2.45. The van der Waals surface area contributed by atoms with Crippen LogP contribution in [0.2, 0.25) is 0 Å². The van der Waals surface area contributed by atoms with E-state index in [0.717, 1.165) is 5.56 Å². The SMILES string of the molecule is C=CCSc1n[n+]2c(c(=O)[nH]1)-c1ccccc1N(C(C)=O)[C@@H]2c1ccccc1OC. The van der Waals surface area contributed by atoms with Crippen LogP contribution in [0.25, 0.3) is 11.3 Å². The summed E-state index contributed by atoms with van der Waals surface area (Å²) < 4.78 is 7.19. The number of anilines is 1. The average Bonchev–Trinajstić information content (AvgIpc) is 2.76. The number of ether oxygens (including phenoxy) is 1. The predicted octanol–water partition coefficient (Wildman–Crippen LogP) is 2.92. The minimum Gasteiger partial charge on any atom is -0.496 e. The standard InChI is InChI=1S/C22H20N4O3S/c1-4-13-30-22-23-20(28)19-15-9-5-7-11-17(15)25(14(2)27)21(26(19)24-22)16-10-6-8-12-18(16)29-3/h4-12,21H,1,13H2,2-3H3/p+1/t21-/m0/s1. The van der Waals surface area contributed by atoms with Crippen molar-refractivity contribution in [2.45, 2.75) is 18.2 Å². The lowest BCUT2D eigenvalue weighted by Crippen LogP contribution is -2.60. The Morgan fingerprint density at radius 2 is 2.03 bits per heavy atom. The molecule has 30 heavy (non-hydrogen) atoms. The highest BCUT2D eigenvalue weighted by atomic mass is 32.2. The van der Waals surface area contributed by atoms with Gasteiger partial charge in [-0.2, -0.15) is 0 Å². The topological polar surface area (TPSA) is 79.2 Å². The van der Waals surface area contributed by atoms with Gasteiger partial charge in [0.2, 0.25) is 11.1 Å². The van der Waals surface area contributed by atoms with Gasteiger partial charge in [0, 0.05) is 17.8 Å². The number of hydrogen-bond donors (Lipinski definition) is 1. The Morgan fingerprint density at radius 1 is 1.30 bits per heavy atom. The molecule has 0 aliphatic carbocycles. The predicted molar refractivity (Wildman–Crippen MR) is 116 cm³/mol. The summed E-state index contributed by atoms with van der Waals surface area (Å²) in [5.41, 5.74) is 2.15. The summed E-state index contributed by atoms with van der Waals surface area (Å²) in [4.78, 5) is 30.5. The number of H-pyrrole nitrogens is 1. The van der Waals surface area contributed by atoms with Gasteiger partial charge >= 0.3 is 11.3 Å². The first-order valence-electron chi connectivity index (χ1n) is 9.38. The Morgan fingerprint density at radius 3 is 2.77 bits per heavy atom. The zero-order chi connectivity index (χ0) is 21.3. The van der Waals surface area contributed by atoms with Gasteiger partial charge in [0.15, 0.2) is 0 Å². The molecule has 0 fully saturated rings. The Hall–Kier alpha value is -3.39. The second kappa shape index (κ2) is 8.16. The van der Waals surface area contributed by atoms with E-state index in [2.05, 4.69) is 11.6 Å². The number of carbonyl (C=O) groups is 1. The van der Waals surface area contributed by atoms with Gasteiger partial charge in [0.25, 0.3) is 6.17 Å². The molecule has 0 saturated carbocycles. The Balaban J connectivity index is 2.06. The van der Waals surface area contributed by atoms with Crippen LogP contribution in [0, 0.1) is 0 Å². The summed E-state index contributed by atoms with van der Waals surface area (Å²) in [5.74, 6) is 1.03. The van der Waals surface area contributed by atoms with E-state index in [4.69, 9.17) is 9.84 Å². The third-order valence-electron chi connectivity index (χ3n) is 4.85. The molecule has 1 aliphatic rings. The Labute approximate surface area is 178 Å². The second-order valence-corrected chi connectivity index (χ2v) is 7.68. The third kappa shape index (κ3) is 3.29. The van der Waals surface area contributed by atoms with Crippen molar-refractivity contribution in [1.29, 1.82) is 0 Å². The van der Waals surface area contributed by atoms with Gasteiger partial charge in [-0.25, -0.2) is 4.90 Å². The molecule has 3 aromatic rings. The van der Waals surface area contributed by atoms with Gasteiger partial charge < -0.3 is 4.74 Å². The van der Waals surface area contributed by atoms with Crippen molar-refractivity contribution in [3.63, 3.8) is 0 Å². The highest BCUT2D eigenvalue weighted by molar-refractivity contribution is 7.99. The van der Waals surface area contributed by atoms with Crippen LogP contribution in [0.5, 0.6) is 5.75 Å². The van der Waals surface area contributed by atoms with E-state index in [0.29, 0.717) is 33.6 Å². The van der Waals surface area contributed by atoms with Gasteiger partial charge in [0.1, 0.15) is 5.75 Å². The zero-order valence-electron chi connectivity index (χ0n) is 16.7. The molecule has 0 radical (unpaired) electrons. The number of aromatic nitrogens is 3. The van der Waals surface area contributed by atoms with Crippen molar-refractivity contribution in [2.75, 3.05) is 17.8 Å². The van der Waals surface area contributed by atoms with E-state index in [9.17, 15) is 9.59 Å². The molecule has 1 amide bonds. The summed E-state index contributed by atoms with van der Waals surface area (Å²) in [7, 11) is 1.58. The van der Waals surface area contributed by atoms with Crippen LogP contribution in [-0.2, 0) is 4.79 Å². The normalized spacial score (nSPS) is 14.6. The molecule has 0 spiro atoms. The molecule has 2 aromatic carbocycles. The summed E-state index contributed by atoms with van der Waals surface area (Å²) in [5, 5.41) is 5.15. The van der Waals surface area contributed by atoms with Crippen LogP contribution in [-0.4, -0.2) is 28.9 Å². The van der Waals surface area contributed by atoms with Crippen LogP contribution < -0.4 is 19.9 Å². The van der Waals surface area contributed by atoms with Crippen LogP contribution in [0.4, 0.5) is 5.69 Å². The van der Waals surface area contributed by atoms with Crippen LogP contribution in [0.3, 0.4) is 0 Å². The zero-order valence-corrected chi connectivity index (χ0v) is 17.5. The second-order valence-electron chi connectivity index (χ2n) is 6.67. The number of aromatic amines is 1. The fourth-order valence-electron chi connectivity index (χ4n) is 3.68. The van der Waals surface area contributed by atoms with Gasteiger partial charge in [-0.15, -0.1) is 6.58 Å². The fourth-order valence-corrected chi connectivity index (χ4v) is 4.26. The van der Waals surface area contributed by atoms with E-state index in [1.165, 1.54) is 18.7 Å². The summed E-state index contributed by atoms with van der Waals surface area (Å²) >= 11 is 1.37. The van der Waals surface area contributed by atoms with E-state index in [1.807, 2.05) is 48.5 Å². The molecule has 7 nitrogen and oxygen atoms in total. The van der Waals surface area contributed by atoms with Crippen molar-refractivity contribution in [3.8, 4) is 17.0 Å². The number of nitrogens with zero attached hydrogens (tertiary/aromatic N) is 3. The van der Waals surface area contributed by atoms with Crippen molar-refractivity contribution in [3.05, 3.63) is 77.1 Å². The van der Waals surface area contributed by atoms with Crippen LogP contribution >= 0.6 is 11.8 Å². The average molecular weight is 422 g/mol. The van der Waals surface area contributed by atoms with Gasteiger partial charge in [-0.3, -0.25) is 14.6 Å². The van der Waals surface area contributed by atoms with E-state index < -0.39 is 6.17 Å². The van der Waals surface area contributed by atoms with Crippen molar-refractivity contribution in [1.82, 2.24) is 10.1 Å². The number of thioether (sulfide) groups is 1. The summed E-state index contributed by atoms with van der Waals surface area (Å²) in [6.45, 7) is 5.22. The third-order valence-corrected chi connectivity index (χ3v) is 5.71. The molecule has 2 heterocycles. The summed E-state index contributed by atoms with van der Waals surface area (Å²) in [6, 6.07) is 14.8. The number of carbonyl (C=O) groups excluding carboxylic acids is 1. The lowest BCUT2D eigenvalue weighted by atomic mass is 10.0. The van der Waals surface area contributed by atoms with Gasteiger partial charge in [-0.1, -0.05) is 42.1 Å². The maximum absolute atomic E-state index is 13.1. The first kappa shape index (κ1) is 19.9. The highest BCUT2D eigenvalue weighted by Crippen LogP contribution is 2.39. The Kier molecular flexibility index (Phi) is 5.41. The first-order valence-corrected chi connectivity index (χ1v) is 10.4. The number of fused-ring (bicyclic) bond motifs is 3. The number of rotatable bonds is 5. The molecule has 1 atom stereocenters. The van der Waals surface area contributed by atoms with E-state index in [-0.39, 0.29) is 11.5 Å². The lowest BCUT2D eigenvalue weighted by molar-refractivity contribution is -0.763. The lowest BCUT2D eigenvalue weighted by Gasteiger charge is -2.31. The number of para-hydroxylation sites is 2. The molecule has 0 bridgehead atoms. The molecule has 152 valence electrons. The minimum absolute atomic E-state index is 0.168. The van der Waals surface area contributed by atoms with Crippen molar-refractivity contribution in [2.24, 2.45) is 0 Å². The number of amides is 1. The maximum Gasteiger partial charge on any atom is 0.325 e. The van der Waals surface area contributed by atoms with Crippen molar-refractivity contribution >= 4 is 23.4 Å². The maximum atomic E-state index is 13.1. The van der Waals surface area contributed by atoms with E-state index in [1.54, 1.807) is 22.8 Å². The van der Waals surface area contributed by atoms with Gasteiger partial charge in [-0.05, 0) is 28.9 Å². The molecule has 1 N–H and O–H groups in total. The fraction of sp³-hybridized carbons (Fsp3) is 0.182.